The molecule has 1 amide bonds. The largest absolute Gasteiger partial charge is 0.337 e. The van der Waals surface area contributed by atoms with Gasteiger partial charge in [0, 0.05) is 37.8 Å². The van der Waals surface area contributed by atoms with Crippen molar-refractivity contribution in [2.24, 2.45) is 7.05 Å². The Morgan fingerprint density at radius 1 is 1.10 bits per heavy atom. The average Bonchev–Trinajstić information content (AvgIpc) is 3.19. The van der Waals surface area contributed by atoms with Gasteiger partial charge in [0.1, 0.15) is 0 Å². The van der Waals surface area contributed by atoms with Crippen LogP contribution in [0.4, 0.5) is 0 Å². The zero-order valence-corrected chi connectivity index (χ0v) is 18.8. The van der Waals surface area contributed by atoms with E-state index in [0.29, 0.717) is 17.6 Å². The molecular formula is C22H27Cl2N5O. The van der Waals surface area contributed by atoms with Crippen LogP contribution >= 0.6 is 24.8 Å². The number of halogens is 2. The van der Waals surface area contributed by atoms with Gasteiger partial charge in [-0.15, -0.1) is 24.8 Å². The van der Waals surface area contributed by atoms with E-state index in [2.05, 4.69) is 10.4 Å². The zero-order valence-electron chi connectivity index (χ0n) is 17.2. The molecule has 6 nitrogen and oxygen atoms in total. The number of likely N-dealkylation sites (tertiary alicyclic amines) is 1. The van der Waals surface area contributed by atoms with Crippen molar-refractivity contribution < 1.29 is 4.79 Å². The van der Waals surface area contributed by atoms with Crippen molar-refractivity contribution in [1.29, 1.82) is 0 Å². The number of carbonyl (C=O) groups is 1. The molecule has 8 heteroatoms. The predicted octanol–water partition coefficient (Wildman–Crippen LogP) is 3.75. The molecule has 2 aromatic heterocycles. The minimum Gasteiger partial charge on any atom is -0.337 e. The van der Waals surface area contributed by atoms with Gasteiger partial charge in [0.25, 0.3) is 5.91 Å². The second-order valence-corrected chi connectivity index (χ2v) is 8.01. The fraction of sp³-hybridized carbons (Fsp3) is 0.409. The Balaban J connectivity index is 0.00000128. The van der Waals surface area contributed by atoms with Crippen LogP contribution in [-0.2, 0) is 7.05 Å². The van der Waals surface area contributed by atoms with Gasteiger partial charge < -0.3 is 10.2 Å². The van der Waals surface area contributed by atoms with Gasteiger partial charge >= 0.3 is 0 Å². The maximum Gasteiger partial charge on any atom is 0.254 e. The molecular weight excluding hydrogens is 421 g/mol. The molecule has 0 radical (unpaired) electrons. The first-order chi connectivity index (χ1) is 13.6. The van der Waals surface area contributed by atoms with E-state index in [-0.39, 0.29) is 30.7 Å². The molecule has 2 saturated heterocycles. The molecule has 3 aromatic rings. The van der Waals surface area contributed by atoms with Crippen molar-refractivity contribution in [1.82, 2.24) is 25.0 Å². The standard InChI is InChI=1S/C22H25N5O.2ClH/c1-14-20-18(22(28)27-11-10-16-8-9-17(13-27)23-16)12-19(15-6-4-3-5-7-15)24-21(20)26(2)25-14;;/h3-7,12,16-17,23H,8-11,13H2,1-2H3;2*1H. The summed E-state index contributed by atoms with van der Waals surface area (Å²) in [6.45, 7) is 3.53. The Kier molecular flexibility index (Phi) is 6.70. The molecule has 2 aliphatic heterocycles. The van der Waals surface area contributed by atoms with Crippen LogP contribution in [0.15, 0.2) is 36.4 Å². The number of amides is 1. The second-order valence-electron chi connectivity index (χ2n) is 8.01. The van der Waals surface area contributed by atoms with Crippen LogP contribution in [0.2, 0.25) is 0 Å². The Morgan fingerprint density at radius 2 is 1.83 bits per heavy atom. The first kappa shape index (κ1) is 22.5. The van der Waals surface area contributed by atoms with Gasteiger partial charge in [-0.1, -0.05) is 30.3 Å². The number of hydrogen-bond acceptors (Lipinski definition) is 4. The SMILES string of the molecule is Cc1nn(C)c2nc(-c3ccccc3)cc(C(=O)N3CCC4CCC(C3)N4)c12.Cl.Cl. The van der Waals surface area contributed by atoms with E-state index >= 15 is 0 Å². The van der Waals surface area contributed by atoms with Crippen LogP contribution in [0, 0.1) is 6.92 Å². The van der Waals surface area contributed by atoms with Gasteiger partial charge in [-0.3, -0.25) is 9.48 Å². The number of nitrogens with zero attached hydrogens (tertiary/aromatic N) is 4. The van der Waals surface area contributed by atoms with Crippen LogP contribution in [0.1, 0.15) is 35.3 Å². The van der Waals surface area contributed by atoms with E-state index in [1.807, 2.05) is 55.3 Å². The van der Waals surface area contributed by atoms with Crippen molar-refractivity contribution in [3.05, 3.63) is 47.7 Å². The summed E-state index contributed by atoms with van der Waals surface area (Å²) in [7, 11) is 1.89. The molecule has 1 N–H and O–H groups in total. The van der Waals surface area contributed by atoms with Crippen LogP contribution < -0.4 is 5.32 Å². The molecule has 0 saturated carbocycles. The van der Waals surface area contributed by atoms with Crippen LogP contribution in [0.25, 0.3) is 22.3 Å². The quantitative estimate of drug-likeness (QED) is 0.649. The number of aryl methyl sites for hydroxylation is 2. The Bertz CT molecular complexity index is 1050. The van der Waals surface area contributed by atoms with Crippen molar-refractivity contribution in [3.63, 3.8) is 0 Å². The number of aromatic nitrogens is 3. The summed E-state index contributed by atoms with van der Waals surface area (Å²) in [5.74, 6) is 0.0926. The Morgan fingerprint density at radius 3 is 2.60 bits per heavy atom. The van der Waals surface area contributed by atoms with Gasteiger partial charge in [-0.05, 0) is 32.3 Å². The Hall–Kier alpha value is -2.15. The van der Waals surface area contributed by atoms with Gasteiger partial charge in [0.2, 0.25) is 0 Å². The molecule has 2 unspecified atom stereocenters. The van der Waals surface area contributed by atoms with Gasteiger partial charge in [-0.2, -0.15) is 5.10 Å². The molecule has 2 bridgehead atoms. The minimum atomic E-state index is 0. The molecule has 2 aliphatic rings. The first-order valence-corrected chi connectivity index (χ1v) is 10.1. The average molecular weight is 448 g/mol. The summed E-state index contributed by atoms with van der Waals surface area (Å²) in [4.78, 5) is 20.5. The third-order valence-corrected chi connectivity index (χ3v) is 6.08. The van der Waals surface area contributed by atoms with E-state index in [1.54, 1.807) is 4.68 Å². The number of hydrogen-bond donors (Lipinski definition) is 1. The summed E-state index contributed by atoms with van der Waals surface area (Å²) in [6.07, 6.45) is 3.40. The van der Waals surface area contributed by atoms with Crippen LogP contribution in [0.3, 0.4) is 0 Å². The first-order valence-electron chi connectivity index (χ1n) is 10.1. The van der Waals surface area contributed by atoms with Crippen molar-refractivity contribution in [2.75, 3.05) is 13.1 Å². The van der Waals surface area contributed by atoms with Crippen LogP contribution in [0.5, 0.6) is 0 Å². The summed E-state index contributed by atoms with van der Waals surface area (Å²) >= 11 is 0. The fourth-order valence-electron chi connectivity index (χ4n) is 4.67. The highest BCUT2D eigenvalue weighted by atomic mass is 35.5. The predicted molar refractivity (Wildman–Crippen MR) is 124 cm³/mol. The highest BCUT2D eigenvalue weighted by Gasteiger charge is 2.32. The van der Waals surface area contributed by atoms with Crippen molar-refractivity contribution in [3.8, 4) is 11.3 Å². The fourth-order valence-corrected chi connectivity index (χ4v) is 4.67. The smallest absolute Gasteiger partial charge is 0.254 e. The molecule has 30 heavy (non-hydrogen) atoms. The molecule has 2 fully saturated rings. The molecule has 0 aliphatic carbocycles. The van der Waals surface area contributed by atoms with Gasteiger partial charge in [0.15, 0.2) is 5.65 Å². The minimum absolute atomic E-state index is 0. The third kappa shape index (κ3) is 3.92. The van der Waals surface area contributed by atoms with Crippen molar-refractivity contribution >= 4 is 41.8 Å². The maximum absolute atomic E-state index is 13.6. The summed E-state index contributed by atoms with van der Waals surface area (Å²) in [5.41, 5.74) is 4.15. The normalized spacial score (nSPS) is 20.4. The number of rotatable bonds is 2. The lowest BCUT2D eigenvalue weighted by atomic mass is 10.0. The van der Waals surface area contributed by atoms with Crippen molar-refractivity contribution in [2.45, 2.75) is 38.3 Å². The third-order valence-electron chi connectivity index (χ3n) is 6.08. The maximum atomic E-state index is 13.6. The lowest BCUT2D eigenvalue weighted by Gasteiger charge is -2.25. The summed E-state index contributed by atoms with van der Waals surface area (Å²) in [6, 6.07) is 13.0. The lowest BCUT2D eigenvalue weighted by Crippen LogP contribution is -2.39. The van der Waals surface area contributed by atoms with Gasteiger partial charge in [-0.25, -0.2) is 4.98 Å². The van der Waals surface area contributed by atoms with Crippen LogP contribution in [-0.4, -0.2) is 50.7 Å². The highest BCUT2D eigenvalue weighted by molar-refractivity contribution is 6.07. The molecule has 160 valence electrons. The summed E-state index contributed by atoms with van der Waals surface area (Å²) in [5, 5.41) is 9.07. The number of fused-ring (bicyclic) bond motifs is 3. The Labute approximate surface area is 188 Å². The number of pyridine rings is 1. The monoisotopic (exact) mass is 447 g/mol. The highest BCUT2D eigenvalue weighted by Crippen LogP contribution is 2.29. The topological polar surface area (TPSA) is 63.1 Å². The molecule has 5 rings (SSSR count). The van der Waals surface area contributed by atoms with Gasteiger partial charge in [0.05, 0.1) is 22.3 Å². The van der Waals surface area contributed by atoms with E-state index in [9.17, 15) is 4.79 Å². The molecule has 1 aromatic carbocycles. The lowest BCUT2D eigenvalue weighted by molar-refractivity contribution is 0.0750. The van der Waals surface area contributed by atoms with E-state index in [1.165, 1.54) is 6.42 Å². The molecule has 0 spiro atoms. The number of benzene rings is 1. The summed E-state index contributed by atoms with van der Waals surface area (Å²) < 4.78 is 1.78. The number of nitrogens with one attached hydrogen (secondary N) is 1. The molecule has 2 atom stereocenters. The number of carbonyl (C=O) groups excluding carboxylic acids is 1. The van der Waals surface area contributed by atoms with E-state index in [0.717, 1.165) is 53.9 Å². The van der Waals surface area contributed by atoms with E-state index in [4.69, 9.17) is 4.98 Å². The van der Waals surface area contributed by atoms with E-state index < -0.39 is 0 Å². The second kappa shape index (κ2) is 8.92. The molecule has 4 heterocycles. The zero-order chi connectivity index (χ0) is 19.3.